The summed E-state index contributed by atoms with van der Waals surface area (Å²) >= 11 is 7.30. The smallest absolute Gasteiger partial charge is 0.347 e. The fraction of sp³-hybridized carbons (Fsp3) is 0.263. The van der Waals surface area contributed by atoms with E-state index in [-0.39, 0.29) is 5.92 Å². The number of hydrogen-bond acceptors (Lipinski definition) is 5. The third-order valence-corrected chi connectivity index (χ3v) is 6.42. The van der Waals surface area contributed by atoms with Crippen LogP contribution in [-0.4, -0.2) is 15.9 Å². The molecular formula is C19H14N2O2S2. The summed E-state index contributed by atoms with van der Waals surface area (Å²) in [7, 11) is 0. The molecule has 0 saturated heterocycles. The Hall–Kier alpha value is -2.05. The van der Waals surface area contributed by atoms with Gasteiger partial charge in [-0.25, -0.2) is 14.8 Å². The zero-order chi connectivity index (χ0) is 17.0. The number of thioether (sulfide) groups is 1. The van der Waals surface area contributed by atoms with E-state index in [0.717, 1.165) is 23.3 Å². The monoisotopic (exact) mass is 366 g/mol. The van der Waals surface area contributed by atoms with E-state index in [1.807, 2.05) is 18.2 Å². The van der Waals surface area contributed by atoms with E-state index in [1.54, 1.807) is 23.9 Å². The largest absolute Gasteiger partial charge is 0.422 e. The van der Waals surface area contributed by atoms with E-state index < -0.39 is 5.63 Å². The predicted octanol–water partition coefficient (Wildman–Crippen LogP) is 4.47. The second-order valence-electron chi connectivity index (χ2n) is 6.40. The number of fused-ring (bicyclic) bond motifs is 3. The molecule has 0 saturated carbocycles. The molecule has 0 radical (unpaired) electrons. The zero-order valence-electron chi connectivity index (χ0n) is 13.3. The lowest BCUT2D eigenvalue weighted by Gasteiger charge is -2.20. The van der Waals surface area contributed by atoms with E-state index in [4.69, 9.17) is 21.6 Å². The Morgan fingerprint density at radius 2 is 2.00 bits per heavy atom. The van der Waals surface area contributed by atoms with Crippen molar-refractivity contribution in [3.8, 4) is 0 Å². The van der Waals surface area contributed by atoms with Crippen LogP contribution in [-0.2, 0) is 0 Å². The van der Waals surface area contributed by atoms with Crippen LogP contribution in [0.4, 0.5) is 0 Å². The highest BCUT2D eigenvalue weighted by Crippen LogP contribution is 2.47. The Morgan fingerprint density at radius 1 is 1.16 bits per heavy atom. The summed E-state index contributed by atoms with van der Waals surface area (Å²) in [5.74, 6) is 0.426. The van der Waals surface area contributed by atoms with Gasteiger partial charge < -0.3 is 4.42 Å². The average Bonchev–Trinajstić information content (AvgIpc) is 3.00. The summed E-state index contributed by atoms with van der Waals surface area (Å²) in [6, 6.07) is 9.23. The van der Waals surface area contributed by atoms with Gasteiger partial charge in [-0.05, 0) is 48.3 Å². The first-order valence-corrected chi connectivity index (χ1v) is 9.57. The fourth-order valence-electron chi connectivity index (χ4n) is 3.64. The minimum atomic E-state index is -0.427. The third-order valence-electron chi connectivity index (χ3n) is 4.84. The van der Waals surface area contributed by atoms with Gasteiger partial charge in [-0.15, -0.1) is 0 Å². The van der Waals surface area contributed by atoms with Gasteiger partial charge in [-0.2, -0.15) is 0 Å². The number of allylic oxidation sites excluding steroid dienone is 1. The second-order valence-corrected chi connectivity index (χ2v) is 7.93. The maximum absolute atomic E-state index is 12.4. The van der Waals surface area contributed by atoms with Gasteiger partial charge in [0.2, 0.25) is 0 Å². The molecule has 0 N–H and O–H groups in total. The van der Waals surface area contributed by atoms with E-state index in [9.17, 15) is 4.79 Å². The molecule has 3 heterocycles. The minimum Gasteiger partial charge on any atom is -0.422 e. The van der Waals surface area contributed by atoms with Gasteiger partial charge in [-0.3, -0.25) is 0 Å². The standard InChI is InChI=1S/C19H14N2O2S2/c22-19-12(9-10-5-1-3-7-13(10)23-19)16-20-17(24)15-11-6-2-4-8-14(11)25-18(15)21-16/h1,3,5,7,9,15H,2,4,6,8H2. The van der Waals surface area contributed by atoms with Gasteiger partial charge in [-0.1, -0.05) is 42.2 Å². The molecule has 2 aromatic rings. The molecule has 25 heavy (non-hydrogen) atoms. The normalized spacial score (nSPS) is 22.6. The van der Waals surface area contributed by atoms with Gasteiger partial charge in [0.15, 0.2) is 5.84 Å². The molecule has 3 aliphatic rings. The summed E-state index contributed by atoms with van der Waals surface area (Å²) in [5, 5.41) is 1.82. The van der Waals surface area contributed by atoms with Crippen LogP contribution in [0, 0.1) is 5.92 Å². The van der Waals surface area contributed by atoms with E-state index in [2.05, 4.69) is 4.99 Å². The van der Waals surface area contributed by atoms with Crippen molar-refractivity contribution in [3.05, 3.63) is 56.8 Å². The van der Waals surface area contributed by atoms with E-state index >= 15 is 0 Å². The van der Waals surface area contributed by atoms with Gasteiger partial charge in [0.25, 0.3) is 0 Å². The lowest BCUT2D eigenvalue weighted by atomic mass is 9.89. The highest BCUT2D eigenvalue weighted by atomic mass is 32.2. The maximum Gasteiger partial charge on any atom is 0.347 e. The molecule has 0 spiro atoms. The first-order valence-electron chi connectivity index (χ1n) is 8.35. The van der Waals surface area contributed by atoms with Crippen LogP contribution in [0.25, 0.3) is 11.0 Å². The van der Waals surface area contributed by atoms with Crippen LogP contribution in [0.1, 0.15) is 31.2 Å². The van der Waals surface area contributed by atoms with Gasteiger partial charge >= 0.3 is 5.63 Å². The summed E-state index contributed by atoms with van der Waals surface area (Å²) in [4.78, 5) is 23.6. The number of aliphatic imine (C=N–C) groups is 2. The Labute approximate surface area is 153 Å². The van der Waals surface area contributed by atoms with E-state index in [0.29, 0.717) is 22.0 Å². The van der Waals surface area contributed by atoms with Crippen LogP contribution < -0.4 is 5.63 Å². The van der Waals surface area contributed by atoms with Crippen molar-refractivity contribution >= 4 is 50.8 Å². The van der Waals surface area contributed by atoms with Crippen LogP contribution >= 0.6 is 24.0 Å². The summed E-state index contributed by atoms with van der Waals surface area (Å²) in [6.07, 6.45) is 4.61. The highest BCUT2D eigenvalue weighted by Gasteiger charge is 2.38. The molecule has 4 nitrogen and oxygen atoms in total. The van der Waals surface area contributed by atoms with Crippen LogP contribution in [0.15, 0.2) is 60.0 Å². The van der Waals surface area contributed by atoms with Crippen molar-refractivity contribution < 1.29 is 4.42 Å². The van der Waals surface area contributed by atoms with E-state index in [1.165, 1.54) is 23.3 Å². The van der Waals surface area contributed by atoms with Crippen LogP contribution in [0.5, 0.6) is 0 Å². The molecule has 1 unspecified atom stereocenters. The Balaban J connectivity index is 1.60. The number of para-hydroxylation sites is 1. The molecule has 0 fully saturated rings. The van der Waals surface area contributed by atoms with Crippen molar-refractivity contribution in [2.75, 3.05) is 0 Å². The highest BCUT2D eigenvalue weighted by molar-refractivity contribution is 8.17. The fourth-order valence-corrected chi connectivity index (χ4v) is 5.40. The van der Waals surface area contributed by atoms with Crippen molar-refractivity contribution in [1.29, 1.82) is 0 Å². The molecule has 1 aromatic carbocycles. The number of amidine groups is 1. The minimum absolute atomic E-state index is 0.0477. The van der Waals surface area contributed by atoms with Gasteiger partial charge in [0.1, 0.15) is 16.1 Å². The molecule has 1 aliphatic carbocycles. The quantitative estimate of drug-likeness (QED) is 0.552. The molecule has 1 atom stereocenters. The van der Waals surface area contributed by atoms with Crippen molar-refractivity contribution in [2.45, 2.75) is 25.7 Å². The lowest BCUT2D eigenvalue weighted by Crippen LogP contribution is -2.27. The molecular weight excluding hydrogens is 352 g/mol. The van der Waals surface area contributed by atoms with Crippen LogP contribution in [0.3, 0.4) is 0 Å². The average molecular weight is 366 g/mol. The molecule has 2 aliphatic heterocycles. The maximum atomic E-state index is 12.4. The van der Waals surface area contributed by atoms with Gasteiger partial charge in [0.05, 0.1) is 11.0 Å². The molecule has 5 rings (SSSR count). The zero-order valence-corrected chi connectivity index (χ0v) is 15.0. The molecule has 1 aromatic heterocycles. The van der Waals surface area contributed by atoms with Crippen molar-refractivity contribution in [2.24, 2.45) is 15.9 Å². The van der Waals surface area contributed by atoms with Crippen molar-refractivity contribution in [3.63, 3.8) is 0 Å². The number of thiocarbonyl (C=S) groups is 1. The first-order chi connectivity index (χ1) is 12.2. The SMILES string of the molecule is O=c1oc2ccccc2cc1C1=NC(=S)C2C(=N1)SC1=C2CCCC1. The summed E-state index contributed by atoms with van der Waals surface area (Å²) in [6.45, 7) is 0. The number of nitrogens with zero attached hydrogens (tertiary/aromatic N) is 2. The summed E-state index contributed by atoms with van der Waals surface area (Å²) < 4.78 is 5.42. The van der Waals surface area contributed by atoms with Crippen molar-refractivity contribution in [1.82, 2.24) is 0 Å². The van der Waals surface area contributed by atoms with Crippen LogP contribution in [0.2, 0.25) is 0 Å². The molecule has 0 amide bonds. The molecule has 0 bridgehead atoms. The number of benzene rings is 1. The van der Waals surface area contributed by atoms with Gasteiger partial charge in [0, 0.05) is 5.39 Å². The summed E-state index contributed by atoms with van der Waals surface area (Å²) in [5.41, 5.74) is 1.91. The Morgan fingerprint density at radius 3 is 2.92 bits per heavy atom. The Bertz CT molecular complexity index is 1080. The Kier molecular flexibility index (Phi) is 3.50. The second kappa shape index (κ2) is 5.75. The predicted molar refractivity (Wildman–Crippen MR) is 106 cm³/mol. The number of rotatable bonds is 1. The molecule has 6 heteroatoms. The lowest BCUT2D eigenvalue weighted by molar-refractivity contribution is 0.559. The third kappa shape index (κ3) is 2.43. The molecule has 124 valence electrons. The number of hydrogen-bond donors (Lipinski definition) is 0. The first kappa shape index (κ1) is 15.2. The topological polar surface area (TPSA) is 54.9 Å².